The highest BCUT2D eigenvalue weighted by molar-refractivity contribution is 6.36. The predicted molar refractivity (Wildman–Crippen MR) is 104 cm³/mol. The van der Waals surface area contributed by atoms with Gasteiger partial charge in [0.25, 0.3) is 11.5 Å². The summed E-state index contributed by atoms with van der Waals surface area (Å²) in [5, 5.41) is 3.22. The summed E-state index contributed by atoms with van der Waals surface area (Å²) in [6, 6.07) is 18.5. The number of rotatable bonds is 3. The number of allylic oxidation sites excluding steroid dienone is 2. The van der Waals surface area contributed by atoms with Gasteiger partial charge in [0.2, 0.25) is 5.78 Å². The third-order valence-corrected chi connectivity index (χ3v) is 4.56. The lowest BCUT2D eigenvalue weighted by atomic mass is 9.90. The quantitative estimate of drug-likeness (QED) is 0.447. The van der Waals surface area contributed by atoms with Crippen LogP contribution in [0.25, 0.3) is 5.70 Å². The Morgan fingerprint density at radius 2 is 1.32 bits per heavy atom. The number of nitrogens with zero attached hydrogens (tertiary/aromatic N) is 1. The van der Waals surface area contributed by atoms with Gasteiger partial charge in [-0.25, -0.2) is 0 Å². The number of pyridine rings is 1. The number of ketones is 2. The molecule has 3 aromatic rings. The van der Waals surface area contributed by atoms with Crippen LogP contribution >= 0.6 is 0 Å². The second-order valence-electron chi connectivity index (χ2n) is 6.71. The first-order chi connectivity index (χ1) is 13.0. The number of Topliss-reactive ketones (excluding diaryl/α,β-unsaturated/α-hetero) is 2. The number of carbonyl (C=O) groups is 2. The fourth-order valence-electron chi connectivity index (χ4n) is 3.46. The van der Waals surface area contributed by atoms with Crippen molar-refractivity contribution in [1.82, 2.24) is 0 Å². The Labute approximate surface area is 180 Å². The predicted octanol–water partition coefficient (Wildman–Crippen LogP) is 0.955. The highest BCUT2D eigenvalue weighted by atomic mass is 127. The third-order valence-electron chi connectivity index (χ3n) is 4.56. The number of fused-ring (bicyclic) bond motifs is 1. The van der Waals surface area contributed by atoms with Crippen molar-refractivity contribution in [2.75, 3.05) is 5.32 Å². The molecule has 0 fully saturated rings. The summed E-state index contributed by atoms with van der Waals surface area (Å²) in [5.74, 6) is -0.357. The molecule has 1 N–H and O–H groups in total. The van der Waals surface area contributed by atoms with Gasteiger partial charge in [-0.1, -0.05) is 36.4 Å². The van der Waals surface area contributed by atoms with Crippen molar-refractivity contribution in [3.63, 3.8) is 0 Å². The van der Waals surface area contributed by atoms with Crippen molar-refractivity contribution in [1.29, 1.82) is 0 Å². The third kappa shape index (κ3) is 3.62. The van der Waals surface area contributed by atoms with Crippen LogP contribution in [0.3, 0.4) is 0 Å². The average Bonchev–Trinajstić information content (AvgIpc) is 2.66. The van der Waals surface area contributed by atoms with Crippen LogP contribution in [0.4, 0.5) is 5.69 Å². The first-order valence-electron chi connectivity index (χ1n) is 8.79. The van der Waals surface area contributed by atoms with E-state index in [-0.39, 0.29) is 35.5 Å². The number of hydrogen-bond donors (Lipinski definition) is 1. The molecule has 1 aliphatic rings. The van der Waals surface area contributed by atoms with E-state index < -0.39 is 0 Å². The van der Waals surface area contributed by atoms with Crippen LogP contribution in [-0.4, -0.2) is 11.6 Å². The Morgan fingerprint density at radius 3 is 1.93 bits per heavy atom. The van der Waals surface area contributed by atoms with Gasteiger partial charge in [-0.15, -0.1) is 0 Å². The molecule has 5 heteroatoms. The molecular formula is C23H19IN2O2. The van der Waals surface area contributed by atoms with Gasteiger partial charge in [-0.2, -0.15) is 4.57 Å². The summed E-state index contributed by atoms with van der Waals surface area (Å²) < 4.78 is 1.70. The van der Waals surface area contributed by atoms with E-state index in [0.717, 1.165) is 16.8 Å². The molecule has 140 valence electrons. The van der Waals surface area contributed by atoms with Crippen LogP contribution < -0.4 is 33.9 Å². The summed E-state index contributed by atoms with van der Waals surface area (Å²) in [5.41, 5.74) is 4.44. The van der Waals surface area contributed by atoms with Crippen molar-refractivity contribution in [2.24, 2.45) is 0 Å². The summed E-state index contributed by atoms with van der Waals surface area (Å²) >= 11 is 0. The highest BCUT2D eigenvalue weighted by Gasteiger charge is 2.38. The maximum absolute atomic E-state index is 13.2. The number of hydrogen-bond acceptors (Lipinski definition) is 3. The second-order valence-corrected chi connectivity index (χ2v) is 6.71. The van der Waals surface area contributed by atoms with Crippen molar-refractivity contribution >= 4 is 23.0 Å². The lowest BCUT2D eigenvalue weighted by molar-refractivity contribution is -0.577. The van der Waals surface area contributed by atoms with E-state index >= 15 is 0 Å². The minimum absolute atomic E-state index is 0. The topological polar surface area (TPSA) is 50.1 Å². The Balaban J connectivity index is 0.00000225. The van der Waals surface area contributed by atoms with Crippen LogP contribution in [0.1, 0.15) is 31.8 Å². The Kier molecular flexibility index (Phi) is 5.74. The molecule has 4 nitrogen and oxygen atoms in total. The molecule has 0 unspecified atom stereocenters. The Morgan fingerprint density at radius 1 is 0.750 bits per heavy atom. The normalized spacial score (nSPS) is 13.1. The van der Waals surface area contributed by atoms with Crippen molar-refractivity contribution < 1.29 is 38.1 Å². The molecule has 0 aliphatic heterocycles. The van der Waals surface area contributed by atoms with Gasteiger partial charge >= 0.3 is 0 Å². The van der Waals surface area contributed by atoms with Crippen molar-refractivity contribution in [3.8, 4) is 0 Å². The number of nitrogens with one attached hydrogen (secondary N) is 1. The zero-order valence-electron chi connectivity index (χ0n) is 15.6. The van der Waals surface area contributed by atoms with Gasteiger partial charge in [-0.05, 0) is 37.1 Å². The molecule has 4 rings (SSSR count). The van der Waals surface area contributed by atoms with E-state index in [1.807, 2.05) is 44.2 Å². The van der Waals surface area contributed by atoms with Crippen LogP contribution in [0.5, 0.6) is 0 Å². The first-order valence-corrected chi connectivity index (χ1v) is 8.79. The average molecular weight is 482 g/mol. The highest BCUT2D eigenvalue weighted by Crippen LogP contribution is 2.28. The standard InChI is InChI=1S/C23H18N2O2.HI/c1-15-12-16(2)14-17(13-15)24-20-21(25-10-6-3-7-11-25)23(27)19-9-5-4-8-18(19)22(20)26;/h3-14H,1-2H3;1H. The molecule has 1 heterocycles. The van der Waals surface area contributed by atoms with E-state index in [2.05, 4.69) is 11.4 Å². The number of aryl methyl sites for hydroxylation is 2. The monoisotopic (exact) mass is 482 g/mol. The fraction of sp³-hybridized carbons (Fsp3) is 0.0870. The lowest BCUT2D eigenvalue weighted by Gasteiger charge is -2.19. The summed E-state index contributed by atoms with van der Waals surface area (Å²) in [6.07, 6.45) is 3.55. The molecule has 1 aliphatic carbocycles. The molecule has 0 spiro atoms. The lowest BCUT2D eigenvalue weighted by Crippen LogP contribution is -3.00. The summed E-state index contributed by atoms with van der Waals surface area (Å²) in [6.45, 7) is 4.01. The van der Waals surface area contributed by atoms with Crippen LogP contribution in [0, 0.1) is 13.8 Å². The Bertz CT molecular complexity index is 1080. The molecule has 0 saturated carbocycles. The zero-order chi connectivity index (χ0) is 19.0. The molecule has 1 aromatic heterocycles. The Hall–Kier alpha value is -2.80. The number of anilines is 1. The van der Waals surface area contributed by atoms with Gasteiger partial charge in [0.15, 0.2) is 18.1 Å². The maximum atomic E-state index is 13.2. The molecule has 0 atom stereocenters. The molecule has 0 saturated heterocycles. The number of aromatic nitrogens is 1. The van der Waals surface area contributed by atoms with Gasteiger partial charge in [0, 0.05) is 28.9 Å². The van der Waals surface area contributed by atoms with Crippen molar-refractivity contribution in [2.45, 2.75) is 13.8 Å². The second kappa shape index (κ2) is 8.06. The zero-order valence-corrected chi connectivity index (χ0v) is 17.7. The van der Waals surface area contributed by atoms with E-state index in [9.17, 15) is 9.59 Å². The minimum Gasteiger partial charge on any atom is -1.00 e. The summed E-state index contributed by atoms with van der Waals surface area (Å²) in [4.78, 5) is 26.5. The molecule has 2 aromatic carbocycles. The van der Waals surface area contributed by atoms with Crippen LogP contribution in [-0.2, 0) is 0 Å². The van der Waals surface area contributed by atoms with Gasteiger partial charge < -0.3 is 29.3 Å². The fourth-order valence-corrected chi connectivity index (χ4v) is 3.46. The largest absolute Gasteiger partial charge is 1.00 e. The van der Waals surface area contributed by atoms with E-state index in [4.69, 9.17) is 0 Å². The molecule has 0 amide bonds. The van der Waals surface area contributed by atoms with Gasteiger partial charge in [0.1, 0.15) is 0 Å². The van der Waals surface area contributed by atoms with E-state index in [1.165, 1.54) is 0 Å². The number of halogens is 1. The molecule has 0 radical (unpaired) electrons. The van der Waals surface area contributed by atoms with E-state index in [0.29, 0.717) is 22.5 Å². The SMILES string of the molecule is Cc1cc(C)cc(NC2=C([n+]3ccccc3)C(=O)c3ccccc3C2=O)c1.[I-]. The molecule has 0 bridgehead atoms. The van der Waals surface area contributed by atoms with Gasteiger partial charge in [-0.3, -0.25) is 9.59 Å². The van der Waals surface area contributed by atoms with Crippen LogP contribution in [0.2, 0.25) is 0 Å². The first kappa shape index (κ1) is 19.9. The smallest absolute Gasteiger partial charge is 0.286 e. The summed E-state index contributed by atoms with van der Waals surface area (Å²) in [7, 11) is 0. The van der Waals surface area contributed by atoms with Crippen LogP contribution in [0.15, 0.2) is 78.8 Å². The number of carbonyl (C=O) groups excluding carboxylic acids is 2. The van der Waals surface area contributed by atoms with E-state index in [1.54, 1.807) is 41.2 Å². The molecule has 28 heavy (non-hydrogen) atoms. The van der Waals surface area contributed by atoms with Crippen molar-refractivity contribution in [3.05, 3.63) is 101 Å². The number of benzene rings is 2. The minimum atomic E-state index is -0.185. The van der Waals surface area contributed by atoms with Gasteiger partial charge in [0.05, 0.1) is 0 Å². The maximum Gasteiger partial charge on any atom is 0.286 e. The molecular weight excluding hydrogens is 463 g/mol.